The molecule has 1 rings (SSSR count). The van der Waals surface area contributed by atoms with Gasteiger partial charge in [0, 0.05) is 26.7 Å². The monoisotopic (exact) mass is 277 g/mol. The predicted molar refractivity (Wildman–Crippen MR) is 70.7 cm³/mol. The fourth-order valence-corrected chi connectivity index (χ4v) is 2.74. The van der Waals surface area contributed by atoms with Crippen LogP contribution in [0.2, 0.25) is 0 Å². The minimum Gasteiger partial charge on any atom is -0.355 e. The number of hydrogen-bond acceptors (Lipinski definition) is 4. The van der Waals surface area contributed by atoms with E-state index in [1.807, 2.05) is 6.92 Å². The molecule has 1 heterocycles. The third kappa shape index (κ3) is 4.22. The van der Waals surface area contributed by atoms with Crippen molar-refractivity contribution in [2.24, 2.45) is 5.92 Å². The van der Waals surface area contributed by atoms with Gasteiger partial charge in [0.2, 0.25) is 15.9 Å². The van der Waals surface area contributed by atoms with Gasteiger partial charge in [-0.3, -0.25) is 4.79 Å². The standard InChI is InChI=1S/C11H23N3O3S/c1-9-10(5-4-6-12-9)11(15)13-7-8-18(16,17)14(2)3/h9-10,12H,4-8H2,1-3H3,(H,13,15). The van der Waals surface area contributed by atoms with Crippen LogP contribution in [0, 0.1) is 5.92 Å². The Labute approximate surface area is 109 Å². The highest BCUT2D eigenvalue weighted by Crippen LogP contribution is 2.16. The van der Waals surface area contributed by atoms with Crippen molar-refractivity contribution in [1.82, 2.24) is 14.9 Å². The summed E-state index contributed by atoms with van der Waals surface area (Å²) in [5, 5.41) is 5.96. The molecule has 0 radical (unpaired) electrons. The zero-order valence-electron chi connectivity index (χ0n) is 11.3. The number of nitrogens with zero attached hydrogens (tertiary/aromatic N) is 1. The van der Waals surface area contributed by atoms with Crippen LogP contribution in [0.15, 0.2) is 0 Å². The van der Waals surface area contributed by atoms with E-state index in [1.165, 1.54) is 18.4 Å². The molecule has 0 spiro atoms. The van der Waals surface area contributed by atoms with E-state index in [0.717, 1.165) is 19.4 Å². The SMILES string of the molecule is CC1NCCCC1C(=O)NCCS(=O)(=O)N(C)C. The summed E-state index contributed by atoms with van der Waals surface area (Å²) in [4.78, 5) is 11.9. The maximum Gasteiger partial charge on any atom is 0.224 e. The molecule has 1 aliphatic heterocycles. The summed E-state index contributed by atoms with van der Waals surface area (Å²) in [7, 11) is -0.254. The van der Waals surface area contributed by atoms with Crippen LogP contribution < -0.4 is 10.6 Å². The zero-order chi connectivity index (χ0) is 13.8. The lowest BCUT2D eigenvalue weighted by molar-refractivity contribution is -0.126. The molecule has 2 atom stereocenters. The summed E-state index contributed by atoms with van der Waals surface area (Å²) in [5.74, 6) is -0.162. The highest BCUT2D eigenvalue weighted by Gasteiger charge is 2.27. The molecule has 1 aliphatic rings. The number of sulfonamides is 1. The molecule has 7 heteroatoms. The first-order chi connectivity index (χ1) is 8.34. The molecule has 0 saturated carbocycles. The quantitative estimate of drug-likeness (QED) is 0.702. The molecule has 1 amide bonds. The lowest BCUT2D eigenvalue weighted by Crippen LogP contribution is -2.47. The van der Waals surface area contributed by atoms with Crippen molar-refractivity contribution in [3.05, 3.63) is 0 Å². The second-order valence-corrected chi connectivity index (χ2v) is 7.18. The van der Waals surface area contributed by atoms with Crippen LogP contribution >= 0.6 is 0 Å². The number of carbonyl (C=O) groups excluding carboxylic acids is 1. The van der Waals surface area contributed by atoms with Crippen molar-refractivity contribution < 1.29 is 13.2 Å². The highest BCUT2D eigenvalue weighted by molar-refractivity contribution is 7.89. The summed E-state index contributed by atoms with van der Waals surface area (Å²) < 4.78 is 24.2. The van der Waals surface area contributed by atoms with Gasteiger partial charge >= 0.3 is 0 Å². The number of hydrogen-bond donors (Lipinski definition) is 2. The van der Waals surface area contributed by atoms with Crippen molar-refractivity contribution in [3.63, 3.8) is 0 Å². The van der Waals surface area contributed by atoms with Crippen LogP contribution in [0.3, 0.4) is 0 Å². The van der Waals surface area contributed by atoms with Gasteiger partial charge in [0.1, 0.15) is 0 Å². The number of piperidine rings is 1. The van der Waals surface area contributed by atoms with Gasteiger partial charge in [-0.25, -0.2) is 12.7 Å². The molecule has 0 aromatic carbocycles. The van der Waals surface area contributed by atoms with Gasteiger partial charge in [-0.05, 0) is 26.3 Å². The van der Waals surface area contributed by atoms with Crippen molar-refractivity contribution in [3.8, 4) is 0 Å². The normalized spacial score (nSPS) is 25.1. The van der Waals surface area contributed by atoms with Gasteiger partial charge in [-0.15, -0.1) is 0 Å². The van der Waals surface area contributed by atoms with Crippen molar-refractivity contribution >= 4 is 15.9 Å². The van der Waals surface area contributed by atoms with Crippen molar-refractivity contribution in [1.29, 1.82) is 0 Å². The molecule has 6 nitrogen and oxygen atoms in total. The smallest absolute Gasteiger partial charge is 0.224 e. The van der Waals surface area contributed by atoms with Crippen molar-refractivity contribution in [2.45, 2.75) is 25.8 Å². The van der Waals surface area contributed by atoms with E-state index in [0.29, 0.717) is 0 Å². The van der Waals surface area contributed by atoms with Gasteiger partial charge < -0.3 is 10.6 Å². The van der Waals surface area contributed by atoms with E-state index >= 15 is 0 Å². The minimum absolute atomic E-state index is 0.0522. The molecule has 0 aromatic heterocycles. The summed E-state index contributed by atoms with van der Waals surface area (Å²) in [6, 6.07) is 0.157. The summed E-state index contributed by atoms with van der Waals surface area (Å²) >= 11 is 0. The Balaban J connectivity index is 2.37. The molecule has 1 fully saturated rings. The second-order valence-electron chi connectivity index (χ2n) is 4.88. The van der Waals surface area contributed by atoms with Gasteiger partial charge in [-0.2, -0.15) is 0 Å². The zero-order valence-corrected chi connectivity index (χ0v) is 12.1. The first-order valence-corrected chi connectivity index (χ1v) is 7.87. The molecular weight excluding hydrogens is 254 g/mol. The largest absolute Gasteiger partial charge is 0.355 e. The molecule has 1 saturated heterocycles. The van der Waals surface area contributed by atoms with Gasteiger partial charge in [0.25, 0.3) is 0 Å². The van der Waals surface area contributed by atoms with E-state index in [2.05, 4.69) is 10.6 Å². The molecule has 18 heavy (non-hydrogen) atoms. The lowest BCUT2D eigenvalue weighted by atomic mass is 9.91. The Kier molecular flexibility index (Phi) is 5.55. The molecule has 2 N–H and O–H groups in total. The maximum absolute atomic E-state index is 11.9. The first-order valence-electron chi connectivity index (χ1n) is 6.26. The van der Waals surface area contributed by atoms with Crippen LogP contribution in [-0.4, -0.2) is 57.6 Å². The average Bonchev–Trinajstić information content (AvgIpc) is 2.29. The third-order valence-corrected chi connectivity index (χ3v) is 5.15. The molecule has 0 aliphatic carbocycles. The predicted octanol–water partition coefficient (Wildman–Crippen LogP) is -0.618. The second kappa shape index (κ2) is 6.49. The molecular formula is C11H23N3O3S. The Hall–Kier alpha value is -0.660. The fraction of sp³-hybridized carbons (Fsp3) is 0.909. The molecule has 106 valence electrons. The van der Waals surface area contributed by atoms with Gasteiger partial charge in [0.15, 0.2) is 0 Å². The van der Waals surface area contributed by atoms with E-state index < -0.39 is 10.0 Å². The number of rotatable bonds is 5. The number of amides is 1. The van der Waals surface area contributed by atoms with Crippen LogP contribution in [0.1, 0.15) is 19.8 Å². The first kappa shape index (κ1) is 15.4. The Morgan fingerprint density at radius 2 is 2.11 bits per heavy atom. The number of nitrogens with one attached hydrogen (secondary N) is 2. The Morgan fingerprint density at radius 1 is 1.44 bits per heavy atom. The average molecular weight is 277 g/mol. The molecule has 0 bridgehead atoms. The van der Waals surface area contributed by atoms with Crippen LogP contribution in [0.5, 0.6) is 0 Å². The summed E-state index contributed by atoms with van der Waals surface area (Å²) in [6.45, 7) is 3.10. The Bertz CT molecular complexity index is 381. The van der Waals surface area contributed by atoms with E-state index in [1.54, 1.807) is 0 Å². The van der Waals surface area contributed by atoms with E-state index in [9.17, 15) is 13.2 Å². The highest BCUT2D eigenvalue weighted by atomic mass is 32.2. The van der Waals surface area contributed by atoms with Gasteiger partial charge in [-0.1, -0.05) is 0 Å². The van der Waals surface area contributed by atoms with E-state index in [-0.39, 0.29) is 30.2 Å². The minimum atomic E-state index is -3.24. The summed E-state index contributed by atoms with van der Waals surface area (Å²) in [6.07, 6.45) is 1.85. The van der Waals surface area contributed by atoms with Crippen LogP contribution in [0.4, 0.5) is 0 Å². The topological polar surface area (TPSA) is 78.5 Å². The fourth-order valence-electron chi connectivity index (χ4n) is 2.02. The lowest BCUT2D eigenvalue weighted by Gasteiger charge is -2.28. The Morgan fingerprint density at radius 3 is 2.67 bits per heavy atom. The van der Waals surface area contributed by atoms with Crippen LogP contribution in [0.25, 0.3) is 0 Å². The molecule has 0 aromatic rings. The molecule has 2 unspecified atom stereocenters. The van der Waals surface area contributed by atoms with E-state index in [4.69, 9.17) is 0 Å². The number of carbonyl (C=O) groups is 1. The third-order valence-electron chi connectivity index (χ3n) is 3.31. The summed E-state index contributed by atoms with van der Waals surface area (Å²) in [5.41, 5.74) is 0. The van der Waals surface area contributed by atoms with Crippen molar-refractivity contribution in [2.75, 3.05) is 32.9 Å². The van der Waals surface area contributed by atoms with Gasteiger partial charge in [0.05, 0.1) is 11.7 Å². The maximum atomic E-state index is 11.9. The van der Waals surface area contributed by atoms with Crippen LogP contribution in [-0.2, 0) is 14.8 Å².